The fourth-order valence-corrected chi connectivity index (χ4v) is 5.19. The molecule has 0 unspecified atom stereocenters. The van der Waals surface area contributed by atoms with Gasteiger partial charge in [-0.25, -0.2) is 8.42 Å². The topological polar surface area (TPSA) is 49.9 Å². The van der Waals surface area contributed by atoms with Crippen molar-refractivity contribution in [2.75, 3.05) is 33.3 Å². The van der Waals surface area contributed by atoms with Crippen LogP contribution in [0.3, 0.4) is 0 Å². The van der Waals surface area contributed by atoms with Crippen LogP contribution in [0.2, 0.25) is 0 Å². The highest BCUT2D eigenvalue weighted by Crippen LogP contribution is 2.32. The number of benzene rings is 2. The Bertz CT molecular complexity index is 864. The van der Waals surface area contributed by atoms with Crippen molar-refractivity contribution in [2.45, 2.75) is 18.4 Å². The summed E-state index contributed by atoms with van der Waals surface area (Å²) in [6.07, 6.45) is 0. The lowest BCUT2D eigenvalue weighted by Gasteiger charge is -2.34. The van der Waals surface area contributed by atoms with E-state index >= 15 is 0 Å². The highest BCUT2D eigenvalue weighted by Gasteiger charge is 2.31. The van der Waals surface area contributed by atoms with E-state index in [0.29, 0.717) is 31.9 Å². The Morgan fingerprint density at radius 1 is 1.08 bits per heavy atom. The van der Waals surface area contributed by atoms with Crippen LogP contribution < -0.4 is 4.74 Å². The third-order valence-corrected chi connectivity index (χ3v) is 7.42. The number of aryl methyl sites for hydroxylation is 1. The van der Waals surface area contributed by atoms with Crippen molar-refractivity contribution in [3.05, 3.63) is 58.1 Å². The molecule has 0 radical (unpaired) electrons. The minimum Gasteiger partial charge on any atom is -0.495 e. The van der Waals surface area contributed by atoms with Crippen LogP contribution >= 0.6 is 15.9 Å². The molecule has 2 aromatic carbocycles. The number of sulfonamides is 1. The van der Waals surface area contributed by atoms with Crippen LogP contribution in [0.4, 0.5) is 0 Å². The van der Waals surface area contributed by atoms with E-state index in [2.05, 4.69) is 33.0 Å². The van der Waals surface area contributed by atoms with Crippen LogP contribution in [0.5, 0.6) is 5.75 Å². The summed E-state index contributed by atoms with van der Waals surface area (Å²) in [7, 11) is -2.09. The molecule has 0 saturated carbocycles. The lowest BCUT2D eigenvalue weighted by molar-refractivity contribution is 0.181. The zero-order valence-electron chi connectivity index (χ0n) is 15.0. The fourth-order valence-electron chi connectivity index (χ4n) is 3.11. The number of methoxy groups -OCH3 is 1. The predicted octanol–water partition coefficient (Wildman–Crippen LogP) is 3.27. The molecule has 1 saturated heterocycles. The van der Waals surface area contributed by atoms with Crippen molar-refractivity contribution in [1.82, 2.24) is 9.21 Å². The van der Waals surface area contributed by atoms with Crippen molar-refractivity contribution in [1.29, 1.82) is 0 Å². The van der Waals surface area contributed by atoms with Gasteiger partial charge in [0.1, 0.15) is 10.6 Å². The van der Waals surface area contributed by atoms with Gasteiger partial charge in [0, 0.05) is 37.2 Å². The first-order valence-electron chi connectivity index (χ1n) is 8.52. The maximum atomic E-state index is 13.1. The third-order valence-electron chi connectivity index (χ3n) is 4.64. The summed E-state index contributed by atoms with van der Waals surface area (Å²) in [5.74, 6) is 0.386. The van der Waals surface area contributed by atoms with Crippen molar-refractivity contribution in [3.63, 3.8) is 0 Å². The Morgan fingerprint density at radius 3 is 2.35 bits per heavy atom. The van der Waals surface area contributed by atoms with Crippen LogP contribution in [-0.2, 0) is 16.6 Å². The van der Waals surface area contributed by atoms with Gasteiger partial charge < -0.3 is 4.74 Å². The number of hydrogen-bond donors (Lipinski definition) is 0. The molecule has 3 rings (SSSR count). The molecule has 0 N–H and O–H groups in total. The van der Waals surface area contributed by atoms with Crippen LogP contribution in [0.1, 0.15) is 11.1 Å². The molecule has 0 aromatic heterocycles. The smallest absolute Gasteiger partial charge is 0.246 e. The van der Waals surface area contributed by atoms with Gasteiger partial charge in [-0.05, 0) is 30.2 Å². The molecule has 1 fully saturated rings. The second kappa shape index (κ2) is 8.08. The van der Waals surface area contributed by atoms with Gasteiger partial charge in [-0.1, -0.05) is 46.3 Å². The number of nitrogens with zero attached hydrogens (tertiary/aromatic N) is 2. The maximum Gasteiger partial charge on any atom is 0.246 e. The second-order valence-electron chi connectivity index (χ2n) is 6.42. The summed E-state index contributed by atoms with van der Waals surface area (Å²) in [4.78, 5) is 2.50. The number of hydrogen-bond acceptors (Lipinski definition) is 4. The molecule has 5 nitrogen and oxygen atoms in total. The summed E-state index contributed by atoms with van der Waals surface area (Å²) >= 11 is 3.43. The lowest BCUT2D eigenvalue weighted by Crippen LogP contribution is -2.48. The molecule has 1 aliphatic heterocycles. The highest BCUT2D eigenvalue weighted by molar-refractivity contribution is 9.10. The first-order chi connectivity index (χ1) is 12.4. The largest absolute Gasteiger partial charge is 0.495 e. The molecule has 0 bridgehead atoms. The van der Waals surface area contributed by atoms with Gasteiger partial charge in [0.25, 0.3) is 0 Å². The molecule has 7 heteroatoms. The van der Waals surface area contributed by atoms with Crippen molar-refractivity contribution >= 4 is 26.0 Å². The first-order valence-corrected chi connectivity index (χ1v) is 10.8. The van der Waals surface area contributed by atoms with E-state index < -0.39 is 10.0 Å². The number of halogens is 1. The molecule has 2 aromatic rings. The minimum absolute atomic E-state index is 0.217. The molecule has 0 spiro atoms. The van der Waals surface area contributed by atoms with E-state index in [1.807, 2.05) is 25.1 Å². The molecule has 140 valence electrons. The molecule has 1 heterocycles. The van der Waals surface area contributed by atoms with E-state index in [1.165, 1.54) is 12.7 Å². The summed E-state index contributed by atoms with van der Waals surface area (Å²) in [6.45, 7) is 5.13. The van der Waals surface area contributed by atoms with Crippen LogP contribution in [-0.4, -0.2) is 50.9 Å². The monoisotopic (exact) mass is 438 g/mol. The Kier molecular flexibility index (Phi) is 6.02. The SMILES string of the molecule is COc1cc(C)c(Br)cc1S(=O)(=O)N1CCN(Cc2ccccc2)CC1. The molecular formula is C19H23BrN2O3S. The summed E-state index contributed by atoms with van der Waals surface area (Å²) < 4.78 is 33.8. The Hall–Kier alpha value is -1.41. The van der Waals surface area contributed by atoms with E-state index in [1.54, 1.807) is 16.4 Å². The Balaban J connectivity index is 1.73. The highest BCUT2D eigenvalue weighted by atomic mass is 79.9. The van der Waals surface area contributed by atoms with Crippen LogP contribution in [0.15, 0.2) is 51.8 Å². The van der Waals surface area contributed by atoms with Crippen molar-refractivity contribution in [3.8, 4) is 5.75 Å². The number of ether oxygens (including phenoxy) is 1. The normalized spacial score (nSPS) is 16.6. The van der Waals surface area contributed by atoms with Gasteiger partial charge in [-0.2, -0.15) is 4.31 Å². The average Bonchev–Trinajstić information content (AvgIpc) is 2.65. The lowest BCUT2D eigenvalue weighted by atomic mass is 10.2. The van der Waals surface area contributed by atoms with Gasteiger partial charge in [0.05, 0.1) is 7.11 Å². The molecule has 0 atom stereocenters. The molecular weight excluding hydrogens is 416 g/mol. The summed E-state index contributed by atoms with van der Waals surface area (Å²) in [5, 5.41) is 0. The molecule has 0 aliphatic carbocycles. The maximum absolute atomic E-state index is 13.1. The third kappa shape index (κ3) is 4.11. The number of rotatable bonds is 5. The van der Waals surface area contributed by atoms with Crippen molar-refractivity contribution < 1.29 is 13.2 Å². The average molecular weight is 439 g/mol. The fraction of sp³-hybridized carbons (Fsp3) is 0.368. The summed E-state index contributed by atoms with van der Waals surface area (Å²) in [5.41, 5.74) is 2.18. The van der Waals surface area contributed by atoms with Crippen molar-refractivity contribution in [2.24, 2.45) is 0 Å². The van der Waals surface area contributed by atoms with E-state index in [0.717, 1.165) is 16.6 Å². The standard InChI is InChI=1S/C19H23BrN2O3S/c1-15-12-18(25-2)19(13-17(15)20)26(23,24)22-10-8-21(9-11-22)14-16-6-4-3-5-7-16/h3-7,12-13H,8-11,14H2,1-2H3. The summed E-state index contributed by atoms with van der Waals surface area (Å²) in [6, 6.07) is 13.6. The van der Waals surface area contributed by atoms with E-state index in [4.69, 9.17) is 4.74 Å². The zero-order chi connectivity index (χ0) is 18.7. The second-order valence-corrected chi connectivity index (χ2v) is 9.18. The quantitative estimate of drug-likeness (QED) is 0.718. The molecule has 1 aliphatic rings. The zero-order valence-corrected chi connectivity index (χ0v) is 17.4. The Morgan fingerprint density at radius 2 is 1.73 bits per heavy atom. The number of piperazine rings is 1. The minimum atomic E-state index is -3.59. The van der Waals surface area contributed by atoms with E-state index in [-0.39, 0.29) is 4.90 Å². The van der Waals surface area contributed by atoms with Gasteiger partial charge in [0.15, 0.2) is 0 Å². The van der Waals surface area contributed by atoms with Crippen LogP contribution in [0.25, 0.3) is 0 Å². The van der Waals surface area contributed by atoms with Gasteiger partial charge in [0.2, 0.25) is 10.0 Å². The Labute approximate surface area is 163 Å². The van der Waals surface area contributed by atoms with Gasteiger partial charge >= 0.3 is 0 Å². The predicted molar refractivity (Wildman–Crippen MR) is 106 cm³/mol. The van der Waals surface area contributed by atoms with Gasteiger partial charge in [-0.3, -0.25) is 4.90 Å². The van der Waals surface area contributed by atoms with Crippen LogP contribution in [0, 0.1) is 6.92 Å². The first kappa shape index (κ1) is 19.4. The van der Waals surface area contributed by atoms with Gasteiger partial charge in [-0.15, -0.1) is 0 Å². The molecule has 0 amide bonds. The molecule has 26 heavy (non-hydrogen) atoms. The van der Waals surface area contributed by atoms with E-state index in [9.17, 15) is 8.42 Å².